The summed E-state index contributed by atoms with van der Waals surface area (Å²) in [5, 5.41) is 10.7. The minimum absolute atomic E-state index is 0.164. The second-order valence-electron chi connectivity index (χ2n) is 9.16. The minimum atomic E-state index is -1.06. The quantitative estimate of drug-likeness (QED) is 0.282. The fourth-order valence-corrected chi connectivity index (χ4v) is 5.47. The predicted octanol–water partition coefficient (Wildman–Crippen LogP) is 5.80. The summed E-state index contributed by atoms with van der Waals surface area (Å²) >= 11 is 0. The van der Waals surface area contributed by atoms with Gasteiger partial charge in [-0.1, -0.05) is 6.07 Å². The number of nitrogens with zero attached hydrogens (tertiary/aromatic N) is 1. The number of rotatable bonds is 9. The molecule has 0 fully saturated rings. The van der Waals surface area contributed by atoms with Gasteiger partial charge >= 0.3 is 5.97 Å². The van der Waals surface area contributed by atoms with Crippen molar-refractivity contribution in [2.24, 2.45) is 0 Å². The normalized spacial score (nSPS) is 11.8. The smallest absolute Gasteiger partial charge is 0.338 e. The molecule has 4 aromatic rings. The van der Waals surface area contributed by atoms with Gasteiger partial charge in [0, 0.05) is 23.2 Å². The van der Waals surface area contributed by atoms with Crippen molar-refractivity contribution < 1.29 is 38.3 Å². The van der Waals surface area contributed by atoms with E-state index in [-0.39, 0.29) is 5.56 Å². The van der Waals surface area contributed by atoms with Gasteiger partial charge in [-0.2, -0.15) is 0 Å². The number of aryl methyl sites for hydroxylation is 1. The summed E-state index contributed by atoms with van der Waals surface area (Å²) in [6.45, 7) is 0.551. The Morgan fingerprint density at radius 3 is 1.70 bits per heavy atom. The van der Waals surface area contributed by atoms with Crippen molar-refractivity contribution in [2.45, 2.75) is 13.0 Å². The highest BCUT2D eigenvalue weighted by atomic mass is 16.5. The molecule has 1 N–H and O–H groups in total. The summed E-state index contributed by atoms with van der Waals surface area (Å²) in [7, 11) is 9.41. The molecule has 0 saturated carbocycles. The number of carboxylic acid groups (broad SMARTS) is 1. The first-order valence-electron chi connectivity index (χ1n) is 12.6. The Kier molecular flexibility index (Phi) is 7.21. The van der Waals surface area contributed by atoms with Gasteiger partial charge in [-0.15, -0.1) is 0 Å². The van der Waals surface area contributed by atoms with Crippen LogP contribution in [0.15, 0.2) is 48.5 Å². The van der Waals surface area contributed by atoms with Crippen LogP contribution in [0.2, 0.25) is 0 Å². The molecule has 0 saturated heterocycles. The number of hydrogen-bond acceptors (Lipinski definition) is 7. The maximum Gasteiger partial charge on any atom is 0.338 e. The van der Waals surface area contributed by atoms with Gasteiger partial charge in [-0.3, -0.25) is 0 Å². The van der Waals surface area contributed by atoms with Crippen LogP contribution in [-0.2, 0) is 13.0 Å². The average Bonchev–Trinajstić information content (AvgIpc) is 3.35. The molecule has 40 heavy (non-hydrogen) atoms. The number of carboxylic acids is 1. The molecule has 9 heteroatoms. The second-order valence-corrected chi connectivity index (χ2v) is 9.16. The molecule has 0 amide bonds. The highest BCUT2D eigenvalue weighted by Gasteiger charge is 2.34. The molecule has 1 aliphatic heterocycles. The number of aromatic nitrogens is 1. The maximum absolute atomic E-state index is 13.1. The van der Waals surface area contributed by atoms with Crippen LogP contribution in [0, 0.1) is 0 Å². The van der Waals surface area contributed by atoms with Crippen LogP contribution in [0.5, 0.6) is 34.5 Å². The van der Waals surface area contributed by atoms with E-state index in [0.29, 0.717) is 69.8 Å². The van der Waals surface area contributed by atoms with E-state index in [9.17, 15) is 9.90 Å². The molecule has 9 nitrogen and oxygen atoms in total. The summed E-state index contributed by atoms with van der Waals surface area (Å²) < 4.78 is 35.3. The molecule has 5 rings (SSSR count). The first-order valence-corrected chi connectivity index (χ1v) is 12.6. The highest BCUT2D eigenvalue weighted by molar-refractivity contribution is 6.08. The largest absolute Gasteiger partial charge is 0.493 e. The number of carbonyl (C=O) groups is 1. The Bertz CT molecular complexity index is 1600. The molecule has 0 atom stereocenters. The monoisotopic (exact) mass is 545 g/mol. The van der Waals surface area contributed by atoms with Crippen LogP contribution < -0.4 is 28.4 Å². The minimum Gasteiger partial charge on any atom is -0.493 e. The molecule has 2 heterocycles. The van der Waals surface area contributed by atoms with Gasteiger partial charge in [0.2, 0.25) is 0 Å². The summed E-state index contributed by atoms with van der Waals surface area (Å²) in [6.07, 6.45) is 0.669. The third-order valence-electron chi connectivity index (χ3n) is 7.28. The van der Waals surface area contributed by atoms with E-state index in [2.05, 4.69) is 4.57 Å². The average molecular weight is 546 g/mol. The number of methoxy groups -OCH3 is 6. The van der Waals surface area contributed by atoms with Crippen LogP contribution in [-0.4, -0.2) is 58.3 Å². The zero-order valence-electron chi connectivity index (χ0n) is 23.3. The van der Waals surface area contributed by atoms with Crippen molar-refractivity contribution in [2.75, 3.05) is 42.7 Å². The van der Waals surface area contributed by atoms with E-state index in [1.165, 1.54) is 0 Å². The molecule has 0 unspecified atom stereocenters. The molecule has 3 aromatic carbocycles. The molecular weight excluding hydrogens is 514 g/mol. The molecule has 0 bridgehead atoms. The van der Waals surface area contributed by atoms with Crippen molar-refractivity contribution >= 4 is 5.97 Å². The van der Waals surface area contributed by atoms with E-state index >= 15 is 0 Å². The van der Waals surface area contributed by atoms with Crippen molar-refractivity contribution in [3.8, 4) is 68.1 Å². The van der Waals surface area contributed by atoms with Gasteiger partial charge in [0.05, 0.1) is 59.6 Å². The molecular formula is C31H31NO8. The molecule has 0 aliphatic carbocycles. The summed E-state index contributed by atoms with van der Waals surface area (Å²) in [4.78, 5) is 13.1. The first kappa shape index (κ1) is 26.8. The topological polar surface area (TPSA) is 97.6 Å². The lowest BCUT2D eigenvalue weighted by atomic mass is 9.91. The highest BCUT2D eigenvalue weighted by Crippen LogP contribution is 2.50. The van der Waals surface area contributed by atoms with Crippen LogP contribution in [0.1, 0.15) is 15.9 Å². The lowest BCUT2D eigenvalue weighted by Crippen LogP contribution is -2.13. The van der Waals surface area contributed by atoms with Crippen LogP contribution in [0.4, 0.5) is 0 Å². The number of ether oxygens (including phenoxy) is 6. The SMILES string of the molecule is COc1ccc(-c2c(C(=O)O)c(-c3ccc(OC)c(OC)c3)n3c2-c2cc(OC)c(OC)cc2CC3)cc1OC. The van der Waals surface area contributed by atoms with Crippen molar-refractivity contribution in [3.63, 3.8) is 0 Å². The number of hydrogen-bond donors (Lipinski definition) is 1. The van der Waals surface area contributed by atoms with E-state index in [1.807, 2.05) is 24.3 Å². The number of benzene rings is 3. The Morgan fingerprint density at radius 1 is 0.650 bits per heavy atom. The van der Waals surface area contributed by atoms with Gasteiger partial charge in [0.15, 0.2) is 34.5 Å². The third kappa shape index (κ3) is 4.23. The molecule has 0 spiro atoms. The van der Waals surface area contributed by atoms with E-state index in [1.54, 1.807) is 66.9 Å². The van der Waals surface area contributed by atoms with Gasteiger partial charge in [0.25, 0.3) is 0 Å². The summed E-state index contributed by atoms with van der Waals surface area (Å²) in [5.74, 6) is 2.21. The van der Waals surface area contributed by atoms with Crippen molar-refractivity contribution in [1.29, 1.82) is 0 Å². The zero-order chi connectivity index (χ0) is 28.6. The molecule has 1 aliphatic rings. The Labute approximate surface area is 232 Å². The Morgan fingerprint density at radius 2 is 1.15 bits per heavy atom. The first-order chi connectivity index (χ1) is 19.4. The molecule has 208 valence electrons. The van der Waals surface area contributed by atoms with Gasteiger partial charge < -0.3 is 38.1 Å². The summed E-state index contributed by atoms with van der Waals surface area (Å²) in [5.41, 5.74) is 5.30. The lowest BCUT2D eigenvalue weighted by molar-refractivity contribution is 0.0698. The molecule has 1 aromatic heterocycles. The van der Waals surface area contributed by atoms with Gasteiger partial charge in [0.1, 0.15) is 0 Å². The van der Waals surface area contributed by atoms with Crippen LogP contribution in [0.3, 0.4) is 0 Å². The number of aromatic carboxylic acids is 1. The second kappa shape index (κ2) is 10.8. The fourth-order valence-electron chi connectivity index (χ4n) is 5.47. The third-order valence-corrected chi connectivity index (χ3v) is 7.28. The fraction of sp³-hybridized carbons (Fsp3) is 0.258. The van der Waals surface area contributed by atoms with Gasteiger partial charge in [-0.25, -0.2) is 4.79 Å². The molecule has 0 radical (unpaired) electrons. The summed E-state index contributed by atoms with van der Waals surface area (Å²) in [6, 6.07) is 14.7. The van der Waals surface area contributed by atoms with Crippen molar-refractivity contribution in [1.82, 2.24) is 4.57 Å². The van der Waals surface area contributed by atoms with E-state index in [0.717, 1.165) is 16.8 Å². The van der Waals surface area contributed by atoms with E-state index < -0.39 is 5.97 Å². The predicted molar refractivity (Wildman–Crippen MR) is 151 cm³/mol. The van der Waals surface area contributed by atoms with Crippen molar-refractivity contribution in [3.05, 3.63) is 59.7 Å². The van der Waals surface area contributed by atoms with Gasteiger partial charge in [-0.05, 0) is 60.0 Å². The Balaban J connectivity index is 1.91. The Hall–Kier alpha value is -4.79. The standard InChI is InChI=1S/C31H31NO8/c1-35-21-9-7-18(14-23(21)37-3)27-28(31(33)34)29(19-8-10-22(36-2)24(15-19)38-4)32-12-11-17-13-25(39-5)26(40-6)16-20(17)30(27)32/h7-10,13-16H,11-12H2,1-6H3,(H,33,34). The van der Waals surface area contributed by atoms with Crippen LogP contribution in [0.25, 0.3) is 33.6 Å². The zero-order valence-corrected chi connectivity index (χ0v) is 23.3. The van der Waals surface area contributed by atoms with Crippen LogP contribution >= 0.6 is 0 Å². The number of fused-ring (bicyclic) bond motifs is 3. The maximum atomic E-state index is 13.1. The lowest BCUT2D eigenvalue weighted by Gasteiger charge is -2.24. The van der Waals surface area contributed by atoms with E-state index in [4.69, 9.17) is 28.4 Å².